The first-order chi connectivity index (χ1) is 21.9. The molecule has 0 bridgehead atoms. The van der Waals surface area contributed by atoms with E-state index in [9.17, 15) is 35.9 Å². The average Bonchev–Trinajstić information content (AvgIpc) is 3.64. The number of fused-ring (bicyclic) bond motifs is 1. The van der Waals surface area contributed by atoms with E-state index in [0.29, 0.717) is 11.1 Å². The summed E-state index contributed by atoms with van der Waals surface area (Å²) < 4.78 is 85.9. The Morgan fingerprint density at radius 1 is 0.935 bits per heavy atom. The van der Waals surface area contributed by atoms with Crippen LogP contribution in [-0.4, -0.2) is 23.5 Å². The van der Waals surface area contributed by atoms with Gasteiger partial charge in [-0.15, -0.1) is 0 Å². The SMILES string of the molecule is [C-]#[N+]c1sccc1-c1c(-c2cccc(-c3cc(F)c(C(=O)O)cc3Cl)c2)n(S(=O)(=O)c2ccc(C(F)F)cc2)c2ccc(F)cc12. The van der Waals surface area contributed by atoms with Gasteiger partial charge in [0.05, 0.1) is 28.2 Å². The van der Waals surface area contributed by atoms with Gasteiger partial charge in [-0.3, -0.25) is 0 Å². The lowest BCUT2D eigenvalue weighted by Crippen LogP contribution is -2.14. The average molecular weight is 681 g/mol. The Balaban J connectivity index is 1.71. The van der Waals surface area contributed by atoms with Crippen LogP contribution >= 0.6 is 22.9 Å². The molecule has 0 atom stereocenters. The number of carboxylic acids is 1. The van der Waals surface area contributed by atoms with Crippen molar-refractivity contribution >= 4 is 54.8 Å². The summed E-state index contributed by atoms with van der Waals surface area (Å²) in [6.45, 7) is 7.72. The minimum absolute atomic E-state index is 0.0161. The molecule has 0 saturated heterocycles. The number of halogens is 5. The predicted octanol–water partition coefficient (Wildman–Crippen LogP) is 10.1. The molecule has 0 aliphatic carbocycles. The highest BCUT2D eigenvalue weighted by atomic mass is 35.5. The van der Waals surface area contributed by atoms with Crippen LogP contribution in [0.2, 0.25) is 5.02 Å². The van der Waals surface area contributed by atoms with Crippen molar-refractivity contribution in [3.63, 3.8) is 0 Å². The fraction of sp³-hybridized carbons (Fsp3) is 0.0303. The Morgan fingerprint density at radius 2 is 1.65 bits per heavy atom. The second kappa shape index (κ2) is 11.8. The molecule has 230 valence electrons. The van der Waals surface area contributed by atoms with Gasteiger partial charge in [0.25, 0.3) is 16.4 Å². The third-order valence-corrected chi connectivity index (χ3v) is 10.2. The van der Waals surface area contributed by atoms with Crippen LogP contribution in [0.25, 0.3) is 49.3 Å². The zero-order valence-electron chi connectivity index (χ0n) is 23.0. The fourth-order valence-electron chi connectivity index (χ4n) is 5.25. The number of benzene rings is 4. The quantitative estimate of drug-likeness (QED) is 0.134. The van der Waals surface area contributed by atoms with Gasteiger partial charge in [-0.1, -0.05) is 48.0 Å². The lowest BCUT2D eigenvalue weighted by Gasteiger charge is -2.15. The van der Waals surface area contributed by atoms with Crippen molar-refractivity contribution in [2.45, 2.75) is 11.3 Å². The van der Waals surface area contributed by atoms with Gasteiger partial charge in [0.1, 0.15) is 11.6 Å². The molecule has 6 nitrogen and oxygen atoms in total. The molecule has 1 N–H and O–H groups in total. The summed E-state index contributed by atoms with van der Waals surface area (Å²) in [5, 5.41) is 11.2. The first-order valence-corrected chi connectivity index (χ1v) is 15.9. The minimum Gasteiger partial charge on any atom is -0.478 e. The standard InChI is InChI=1S/C33H17ClF4N2O4S2/c1-39-32-22(11-12-45-32)29-25-14-20(35)7-10-28(25)40(46(43,44)21-8-5-17(6-9-21)31(37)38)30(29)19-4-2-3-18(13-19)23-16-27(36)24(33(41)42)15-26(23)34/h2-16,31H,(H,41,42). The molecule has 0 aliphatic heterocycles. The number of carbonyl (C=O) groups is 1. The van der Waals surface area contributed by atoms with Gasteiger partial charge in [-0.05, 0) is 59.5 Å². The molecular weight excluding hydrogens is 664 g/mol. The highest BCUT2D eigenvalue weighted by Crippen LogP contribution is 2.48. The molecule has 6 aromatic rings. The van der Waals surface area contributed by atoms with Gasteiger partial charge >= 0.3 is 5.97 Å². The number of alkyl halides is 2. The van der Waals surface area contributed by atoms with Crippen LogP contribution < -0.4 is 0 Å². The van der Waals surface area contributed by atoms with E-state index in [1.807, 2.05) is 0 Å². The first-order valence-electron chi connectivity index (χ1n) is 13.2. The zero-order valence-corrected chi connectivity index (χ0v) is 25.4. The van der Waals surface area contributed by atoms with Crippen LogP contribution in [0, 0.1) is 18.2 Å². The zero-order chi connectivity index (χ0) is 32.9. The van der Waals surface area contributed by atoms with Crippen LogP contribution in [-0.2, 0) is 10.0 Å². The number of thiophene rings is 1. The number of hydrogen-bond acceptors (Lipinski definition) is 4. The lowest BCUT2D eigenvalue weighted by molar-refractivity contribution is 0.0692. The summed E-state index contributed by atoms with van der Waals surface area (Å²) in [6.07, 6.45) is -2.83. The summed E-state index contributed by atoms with van der Waals surface area (Å²) in [5.41, 5.74) is 0.225. The maximum Gasteiger partial charge on any atom is 0.338 e. The molecule has 0 amide bonds. The first kappa shape index (κ1) is 31.0. The third-order valence-electron chi connectivity index (χ3n) is 7.31. The Kier molecular flexibility index (Phi) is 7.93. The molecule has 2 aromatic heterocycles. The Morgan fingerprint density at radius 3 is 2.33 bits per heavy atom. The third kappa shape index (κ3) is 5.22. The Labute approximate surface area is 268 Å². The molecule has 0 unspecified atom stereocenters. The van der Waals surface area contributed by atoms with E-state index in [1.54, 1.807) is 29.6 Å². The highest BCUT2D eigenvalue weighted by molar-refractivity contribution is 7.90. The highest BCUT2D eigenvalue weighted by Gasteiger charge is 2.30. The molecule has 2 heterocycles. The van der Waals surface area contributed by atoms with E-state index in [4.69, 9.17) is 18.2 Å². The molecule has 4 aromatic carbocycles. The second-order valence-electron chi connectivity index (χ2n) is 9.97. The Bertz CT molecular complexity index is 2340. The van der Waals surface area contributed by atoms with E-state index in [2.05, 4.69) is 4.85 Å². The smallest absolute Gasteiger partial charge is 0.338 e. The van der Waals surface area contributed by atoms with Crippen LogP contribution in [0.3, 0.4) is 0 Å². The summed E-state index contributed by atoms with van der Waals surface area (Å²) >= 11 is 7.47. The fourth-order valence-corrected chi connectivity index (χ4v) is 7.76. The molecule has 6 rings (SSSR count). The van der Waals surface area contributed by atoms with Gasteiger partial charge in [0.2, 0.25) is 5.00 Å². The van der Waals surface area contributed by atoms with Crippen LogP contribution in [0.4, 0.5) is 22.6 Å². The summed E-state index contributed by atoms with van der Waals surface area (Å²) in [7, 11) is -4.57. The largest absolute Gasteiger partial charge is 0.478 e. The molecule has 46 heavy (non-hydrogen) atoms. The number of nitrogens with zero attached hydrogens (tertiary/aromatic N) is 2. The van der Waals surface area contributed by atoms with E-state index >= 15 is 0 Å². The van der Waals surface area contributed by atoms with Gasteiger partial charge in [0.15, 0.2) is 0 Å². The maximum atomic E-state index is 14.8. The second-order valence-corrected chi connectivity index (χ2v) is 13.1. The van der Waals surface area contributed by atoms with Crippen LogP contribution in [0.15, 0.2) is 95.2 Å². The molecule has 0 fully saturated rings. The summed E-state index contributed by atoms with van der Waals surface area (Å²) in [5.74, 6) is -3.23. The van der Waals surface area contributed by atoms with Crippen molar-refractivity contribution in [3.8, 4) is 33.5 Å². The predicted molar refractivity (Wildman–Crippen MR) is 168 cm³/mol. The van der Waals surface area contributed by atoms with Gasteiger partial charge in [-0.25, -0.2) is 39.6 Å². The van der Waals surface area contributed by atoms with Gasteiger partial charge in [-0.2, -0.15) is 11.3 Å². The summed E-state index contributed by atoms with van der Waals surface area (Å²) in [6, 6.07) is 17.3. The molecular formula is C33H17ClF4N2O4S2. The minimum atomic E-state index is -4.57. The van der Waals surface area contributed by atoms with Crippen molar-refractivity contribution in [1.29, 1.82) is 0 Å². The van der Waals surface area contributed by atoms with Crippen molar-refractivity contribution in [1.82, 2.24) is 3.97 Å². The van der Waals surface area contributed by atoms with Gasteiger partial charge in [0, 0.05) is 38.2 Å². The van der Waals surface area contributed by atoms with Crippen molar-refractivity contribution in [2.75, 3.05) is 0 Å². The van der Waals surface area contributed by atoms with Gasteiger partial charge < -0.3 is 5.11 Å². The molecule has 0 aliphatic rings. The normalized spacial score (nSPS) is 11.7. The van der Waals surface area contributed by atoms with Crippen LogP contribution in [0.5, 0.6) is 0 Å². The molecule has 0 radical (unpaired) electrons. The number of hydrogen-bond donors (Lipinski definition) is 1. The number of carboxylic acid groups (broad SMARTS) is 1. The van der Waals surface area contributed by atoms with E-state index in [-0.39, 0.29) is 53.8 Å². The Hall–Kier alpha value is -4.96. The maximum absolute atomic E-state index is 14.8. The van der Waals surface area contributed by atoms with Crippen molar-refractivity contribution in [3.05, 3.63) is 130 Å². The lowest BCUT2D eigenvalue weighted by atomic mass is 9.96. The number of aromatic carboxylic acids is 1. The molecule has 13 heteroatoms. The summed E-state index contributed by atoms with van der Waals surface area (Å²) in [4.78, 5) is 14.7. The monoisotopic (exact) mass is 680 g/mol. The number of aromatic nitrogens is 1. The topological polar surface area (TPSA) is 80.7 Å². The van der Waals surface area contributed by atoms with Crippen LogP contribution in [0.1, 0.15) is 22.3 Å². The van der Waals surface area contributed by atoms with E-state index < -0.39 is 39.6 Å². The van der Waals surface area contributed by atoms with E-state index in [0.717, 1.165) is 63.8 Å². The van der Waals surface area contributed by atoms with Crippen molar-refractivity contribution in [2.24, 2.45) is 0 Å². The van der Waals surface area contributed by atoms with E-state index in [1.165, 1.54) is 12.1 Å². The molecule has 0 saturated carbocycles. The number of rotatable bonds is 7. The van der Waals surface area contributed by atoms with Crippen molar-refractivity contribution < 1.29 is 35.9 Å². The molecule has 0 spiro atoms.